The lowest BCUT2D eigenvalue weighted by molar-refractivity contribution is 0.102. The summed E-state index contributed by atoms with van der Waals surface area (Å²) >= 11 is -1.28. The summed E-state index contributed by atoms with van der Waals surface area (Å²) in [5.74, 6) is 0.531. The minimum Gasteiger partial charge on any atom is -0.611 e. The maximum absolute atomic E-state index is 11.7. The number of benzene rings is 1. The minimum atomic E-state index is -1.28. The zero-order valence-electron chi connectivity index (χ0n) is 9.36. The Labute approximate surface area is 98.3 Å². The molecular formula is C12H14O3S. The van der Waals surface area contributed by atoms with E-state index in [9.17, 15) is 9.35 Å². The van der Waals surface area contributed by atoms with Gasteiger partial charge in [-0.2, -0.15) is 0 Å². The van der Waals surface area contributed by atoms with Crippen LogP contribution in [0.2, 0.25) is 0 Å². The highest BCUT2D eigenvalue weighted by Gasteiger charge is 2.16. The van der Waals surface area contributed by atoms with Gasteiger partial charge >= 0.3 is 0 Å². The third kappa shape index (κ3) is 3.40. The van der Waals surface area contributed by atoms with Gasteiger partial charge in [0.05, 0.1) is 7.11 Å². The van der Waals surface area contributed by atoms with E-state index in [0.29, 0.717) is 16.2 Å². The molecule has 0 radical (unpaired) electrons. The summed E-state index contributed by atoms with van der Waals surface area (Å²) in [5.41, 5.74) is 0.537. The summed E-state index contributed by atoms with van der Waals surface area (Å²) in [4.78, 5) is 12.2. The molecule has 0 saturated carbocycles. The maximum atomic E-state index is 11.7. The molecule has 0 aliphatic carbocycles. The van der Waals surface area contributed by atoms with E-state index >= 15 is 0 Å². The Morgan fingerprint density at radius 1 is 1.44 bits per heavy atom. The maximum Gasteiger partial charge on any atom is 0.212 e. The van der Waals surface area contributed by atoms with Crippen LogP contribution in [0.5, 0.6) is 5.75 Å². The molecule has 4 heteroatoms. The van der Waals surface area contributed by atoms with Crippen molar-refractivity contribution in [3.05, 3.63) is 41.3 Å². The Kier molecular flexibility index (Phi) is 4.58. The lowest BCUT2D eigenvalue weighted by Crippen LogP contribution is -2.16. The van der Waals surface area contributed by atoms with E-state index in [2.05, 4.69) is 6.58 Å². The van der Waals surface area contributed by atoms with Crippen LogP contribution in [0.1, 0.15) is 17.3 Å². The lowest BCUT2D eigenvalue weighted by Gasteiger charge is -2.08. The smallest absolute Gasteiger partial charge is 0.212 e. The molecule has 0 aliphatic rings. The normalized spacial score (nSPS) is 11.9. The fourth-order valence-corrected chi connectivity index (χ4v) is 1.75. The van der Waals surface area contributed by atoms with Gasteiger partial charge in [0.15, 0.2) is 5.75 Å². The number of carbonyl (C=O) groups excluding carboxylic acids is 1. The highest BCUT2D eigenvalue weighted by molar-refractivity contribution is 7.95. The molecule has 86 valence electrons. The molecule has 0 spiro atoms. The number of carbonyl (C=O) groups is 1. The largest absolute Gasteiger partial charge is 0.611 e. The van der Waals surface area contributed by atoms with Crippen LogP contribution in [-0.2, 0) is 11.2 Å². The van der Waals surface area contributed by atoms with Crippen molar-refractivity contribution in [2.24, 2.45) is 0 Å². The SMILES string of the molecule is C=C(C)[S+]([O-])CC(=O)c1ccc(OC)cc1. The lowest BCUT2D eigenvalue weighted by atomic mass is 10.1. The number of methoxy groups -OCH3 is 1. The van der Waals surface area contributed by atoms with E-state index in [1.54, 1.807) is 38.3 Å². The second-order valence-electron chi connectivity index (χ2n) is 3.34. The van der Waals surface area contributed by atoms with E-state index in [1.807, 2.05) is 0 Å². The third-order valence-electron chi connectivity index (χ3n) is 2.06. The van der Waals surface area contributed by atoms with Crippen molar-refractivity contribution in [1.29, 1.82) is 0 Å². The summed E-state index contributed by atoms with van der Waals surface area (Å²) < 4.78 is 16.4. The Morgan fingerprint density at radius 2 is 2.00 bits per heavy atom. The molecular weight excluding hydrogens is 224 g/mol. The van der Waals surface area contributed by atoms with Gasteiger partial charge < -0.3 is 9.29 Å². The first-order chi connectivity index (χ1) is 7.54. The summed E-state index contributed by atoms with van der Waals surface area (Å²) in [7, 11) is 1.56. The Morgan fingerprint density at radius 3 is 2.44 bits per heavy atom. The van der Waals surface area contributed by atoms with Crippen molar-refractivity contribution in [3.63, 3.8) is 0 Å². The first-order valence-electron chi connectivity index (χ1n) is 4.75. The second-order valence-corrected chi connectivity index (χ2v) is 5.02. The monoisotopic (exact) mass is 238 g/mol. The van der Waals surface area contributed by atoms with Crippen LogP contribution < -0.4 is 4.74 Å². The number of ketones is 1. The molecule has 0 bridgehead atoms. The van der Waals surface area contributed by atoms with Crippen molar-refractivity contribution >= 4 is 17.0 Å². The molecule has 16 heavy (non-hydrogen) atoms. The topological polar surface area (TPSA) is 49.4 Å². The van der Waals surface area contributed by atoms with Crippen molar-refractivity contribution in [3.8, 4) is 5.75 Å². The van der Waals surface area contributed by atoms with Crippen molar-refractivity contribution in [2.45, 2.75) is 6.92 Å². The highest BCUT2D eigenvalue weighted by Crippen LogP contribution is 2.13. The van der Waals surface area contributed by atoms with Crippen molar-refractivity contribution < 1.29 is 14.1 Å². The number of allylic oxidation sites excluding steroid dienone is 1. The van der Waals surface area contributed by atoms with Crippen LogP contribution in [0.15, 0.2) is 35.7 Å². The first-order valence-corrected chi connectivity index (χ1v) is 6.07. The summed E-state index contributed by atoms with van der Waals surface area (Å²) in [6.07, 6.45) is 0. The number of hydrogen-bond acceptors (Lipinski definition) is 3. The van der Waals surface area contributed by atoms with E-state index in [-0.39, 0.29) is 11.5 Å². The highest BCUT2D eigenvalue weighted by atomic mass is 32.2. The van der Waals surface area contributed by atoms with Gasteiger partial charge in [-0.25, -0.2) is 0 Å². The van der Waals surface area contributed by atoms with Crippen molar-refractivity contribution in [2.75, 3.05) is 12.9 Å². The molecule has 0 amide bonds. The fraction of sp³-hybridized carbons (Fsp3) is 0.250. The van der Waals surface area contributed by atoms with Gasteiger partial charge in [0.2, 0.25) is 5.78 Å². The molecule has 1 atom stereocenters. The van der Waals surface area contributed by atoms with Gasteiger partial charge in [-0.3, -0.25) is 4.79 Å². The molecule has 1 aromatic carbocycles. The minimum absolute atomic E-state index is 0.0122. The van der Waals surface area contributed by atoms with Gasteiger partial charge in [0.1, 0.15) is 10.7 Å². The van der Waals surface area contributed by atoms with Crippen LogP contribution in [0, 0.1) is 0 Å². The van der Waals surface area contributed by atoms with Gasteiger partial charge in [-0.15, -0.1) is 0 Å². The van der Waals surface area contributed by atoms with Crippen LogP contribution in [0.3, 0.4) is 0 Å². The molecule has 0 saturated heterocycles. The predicted molar refractivity (Wildman–Crippen MR) is 65.1 cm³/mol. The Balaban J connectivity index is 2.69. The van der Waals surface area contributed by atoms with Crippen LogP contribution >= 0.6 is 0 Å². The zero-order valence-corrected chi connectivity index (χ0v) is 10.2. The molecule has 1 unspecified atom stereocenters. The number of ether oxygens (including phenoxy) is 1. The summed E-state index contributed by atoms with van der Waals surface area (Å²) in [5, 5.41) is 0. The van der Waals surface area contributed by atoms with Gasteiger partial charge in [-0.05, 0) is 42.0 Å². The molecule has 1 aromatic rings. The van der Waals surface area contributed by atoms with E-state index in [0.717, 1.165) is 0 Å². The molecule has 0 N–H and O–H groups in total. The van der Waals surface area contributed by atoms with E-state index in [4.69, 9.17) is 4.74 Å². The molecule has 0 aromatic heterocycles. The average molecular weight is 238 g/mol. The Hall–Kier alpha value is -1.26. The third-order valence-corrected chi connectivity index (χ3v) is 3.36. The van der Waals surface area contributed by atoms with Crippen molar-refractivity contribution in [1.82, 2.24) is 0 Å². The van der Waals surface area contributed by atoms with Gasteiger partial charge in [0.25, 0.3) is 0 Å². The standard InChI is InChI=1S/C12H14O3S/c1-9(2)16(14)8-12(13)10-4-6-11(15-3)7-5-10/h4-7H,1,8H2,2-3H3. The number of Topliss-reactive ketones (excluding diaryl/α,β-unsaturated/α-hetero) is 1. The molecule has 0 heterocycles. The van der Waals surface area contributed by atoms with Crippen LogP contribution in [0.4, 0.5) is 0 Å². The van der Waals surface area contributed by atoms with Gasteiger partial charge in [-0.1, -0.05) is 0 Å². The molecule has 1 rings (SSSR count). The van der Waals surface area contributed by atoms with Crippen LogP contribution in [-0.4, -0.2) is 23.2 Å². The average Bonchev–Trinajstić information content (AvgIpc) is 2.28. The summed E-state index contributed by atoms with van der Waals surface area (Å²) in [6, 6.07) is 6.74. The second kappa shape index (κ2) is 5.72. The first kappa shape index (κ1) is 12.8. The number of rotatable bonds is 5. The number of hydrogen-bond donors (Lipinski definition) is 0. The molecule has 0 fully saturated rings. The Bertz CT molecular complexity index is 384. The molecule has 3 nitrogen and oxygen atoms in total. The fourth-order valence-electron chi connectivity index (χ4n) is 1.10. The van der Waals surface area contributed by atoms with Crippen LogP contribution in [0.25, 0.3) is 0 Å². The predicted octanol–water partition coefficient (Wildman–Crippen LogP) is 2.16. The van der Waals surface area contributed by atoms with E-state index in [1.165, 1.54) is 0 Å². The summed E-state index contributed by atoms with van der Waals surface area (Å²) in [6.45, 7) is 5.21. The zero-order chi connectivity index (χ0) is 12.1. The molecule has 0 aliphatic heterocycles. The quantitative estimate of drug-likeness (QED) is 0.583. The van der Waals surface area contributed by atoms with E-state index < -0.39 is 11.2 Å². The van der Waals surface area contributed by atoms with Gasteiger partial charge in [0, 0.05) is 12.5 Å².